The maximum atomic E-state index is 13.0. The number of nitrogens with zero attached hydrogens (tertiary/aromatic N) is 4. The number of hydrogen-bond acceptors (Lipinski definition) is 8. The van der Waals surface area contributed by atoms with Crippen molar-refractivity contribution >= 4 is 39.7 Å². The van der Waals surface area contributed by atoms with Crippen LogP contribution in [-0.4, -0.2) is 47.9 Å². The van der Waals surface area contributed by atoms with Crippen molar-refractivity contribution in [2.45, 2.75) is 26.8 Å². The fraction of sp³-hybridized carbons (Fsp3) is 0.250. The summed E-state index contributed by atoms with van der Waals surface area (Å²) in [6.07, 6.45) is 1.50. The fourth-order valence-electron chi connectivity index (χ4n) is 3.40. The van der Waals surface area contributed by atoms with Gasteiger partial charge in [0.25, 0.3) is 0 Å². The van der Waals surface area contributed by atoms with Gasteiger partial charge in [0.05, 0.1) is 51.9 Å². The summed E-state index contributed by atoms with van der Waals surface area (Å²) in [6.45, 7) is -2.71. The Labute approximate surface area is 263 Å². The maximum Gasteiger partial charge on any atom is 0.159 e. The molecule has 2 aromatic carbocycles. The van der Waals surface area contributed by atoms with E-state index in [-0.39, 0.29) is 16.6 Å². The summed E-state index contributed by atoms with van der Waals surface area (Å²) in [6, 6.07) is -3.77. The third-order valence-corrected chi connectivity index (χ3v) is 5.44. The van der Waals surface area contributed by atoms with Gasteiger partial charge in [0.2, 0.25) is 0 Å². The quantitative estimate of drug-likeness (QED) is 0.191. The molecule has 0 radical (unpaired) electrons. The minimum atomic E-state index is -3.05. The molecule has 4 aromatic rings. The van der Waals surface area contributed by atoms with Gasteiger partial charge in [-0.15, -0.1) is 0 Å². The Morgan fingerprint density at radius 1 is 1.22 bits per heavy atom. The van der Waals surface area contributed by atoms with Crippen LogP contribution in [0.15, 0.2) is 66.7 Å². The number of fused-ring (bicyclic) bond motifs is 1. The Hall–Kier alpha value is -4.45. The van der Waals surface area contributed by atoms with Gasteiger partial charge in [-0.05, 0) is 70.3 Å². The van der Waals surface area contributed by atoms with Gasteiger partial charge in [0.15, 0.2) is 5.78 Å². The topological polar surface area (TPSA) is 100 Å². The number of allylic oxidation sites excluding steroid dienone is 1. The number of aryl methyl sites for hydroxylation is 1. The molecule has 4 rings (SSSR count). The molecule has 0 aliphatic carbocycles. The van der Waals surface area contributed by atoms with Crippen LogP contribution in [-0.2, 0) is 17.8 Å². The minimum Gasteiger partial charge on any atom is -0.494 e. The number of anilines is 2. The molecular formula is C32H32ClN5O3. The van der Waals surface area contributed by atoms with Crippen LogP contribution in [0.1, 0.15) is 47.3 Å². The SMILES string of the molecule is [2H]c1nc2c([2H])c(OC([2H])([2H])C)c(CC(=O)/C=C/CN(C)C)c([2H])c2c(Nc2c([2H])c([2H])c(OC([2H])([2H])c3nc(C)c([2H])c([2H])c3[2H])c(Cl)c2[2H])c1C#N. The average Bonchev–Trinajstić information content (AvgIpc) is 3.07. The lowest BCUT2D eigenvalue weighted by molar-refractivity contribution is -0.114. The highest BCUT2D eigenvalue weighted by atomic mass is 35.5. The van der Waals surface area contributed by atoms with Gasteiger partial charge in [0.1, 0.15) is 24.1 Å². The van der Waals surface area contributed by atoms with Crippen molar-refractivity contribution in [2.75, 3.05) is 32.5 Å². The van der Waals surface area contributed by atoms with Crippen LogP contribution in [0.3, 0.4) is 0 Å². The van der Waals surface area contributed by atoms with Crippen molar-refractivity contribution in [2.24, 2.45) is 0 Å². The van der Waals surface area contributed by atoms with Crippen LogP contribution in [0, 0.1) is 18.3 Å². The molecule has 0 spiro atoms. The molecule has 0 atom stereocenters. The Morgan fingerprint density at radius 3 is 2.80 bits per heavy atom. The molecule has 0 saturated carbocycles. The van der Waals surface area contributed by atoms with E-state index in [9.17, 15) is 10.1 Å². The Kier molecular flexibility index (Phi) is 5.61. The predicted octanol–water partition coefficient (Wildman–Crippen LogP) is 6.41. The first-order chi connectivity index (χ1) is 24.9. The molecule has 1 N–H and O–H groups in total. The third-order valence-electron chi connectivity index (χ3n) is 5.18. The van der Waals surface area contributed by atoms with Gasteiger partial charge in [-0.1, -0.05) is 23.7 Å². The Balaban J connectivity index is 1.96. The van der Waals surface area contributed by atoms with Gasteiger partial charge in [-0.3, -0.25) is 14.8 Å². The van der Waals surface area contributed by atoms with E-state index in [1.165, 1.54) is 13.0 Å². The summed E-state index contributed by atoms with van der Waals surface area (Å²) in [5.41, 5.74) is -3.07. The zero-order valence-corrected chi connectivity index (χ0v) is 23.2. The van der Waals surface area contributed by atoms with Crippen molar-refractivity contribution in [3.8, 4) is 17.6 Å². The molecule has 41 heavy (non-hydrogen) atoms. The second kappa shape index (κ2) is 13.8. The van der Waals surface area contributed by atoms with Crippen LogP contribution in [0.25, 0.3) is 10.9 Å². The molecule has 9 heteroatoms. The van der Waals surface area contributed by atoms with Crippen LogP contribution in [0.2, 0.25) is 5.02 Å². The number of hydrogen-bond donors (Lipinski definition) is 1. The monoisotopic (exact) mass is 582 g/mol. The lowest BCUT2D eigenvalue weighted by atomic mass is 10.0. The number of rotatable bonds is 12. The number of ketones is 1. The lowest BCUT2D eigenvalue weighted by Crippen LogP contribution is -2.11. The molecule has 0 amide bonds. The van der Waals surface area contributed by atoms with Crippen molar-refractivity contribution in [3.63, 3.8) is 0 Å². The highest BCUT2D eigenvalue weighted by molar-refractivity contribution is 6.32. The van der Waals surface area contributed by atoms with Crippen LogP contribution >= 0.6 is 11.6 Å². The molecule has 210 valence electrons. The molecule has 2 heterocycles. The van der Waals surface area contributed by atoms with E-state index < -0.39 is 125 Å². The van der Waals surface area contributed by atoms with Gasteiger partial charge in [-0.25, -0.2) is 0 Å². The van der Waals surface area contributed by atoms with Gasteiger partial charge >= 0.3 is 0 Å². The number of benzene rings is 2. The molecule has 2 aromatic heterocycles. The molecule has 8 nitrogen and oxygen atoms in total. The number of likely N-dealkylation sites (N-methyl/N-ethyl adjacent to an activating group) is 1. The van der Waals surface area contributed by atoms with E-state index >= 15 is 0 Å². The zero-order chi connectivity index (χ0) is 40.8. The molecule has 0 saturated heterocycles. The van der Waals surface area contributed by atoms with E-state index in [0.717, 1.165) is 6.92 Å². The van der Waals surface area contributed by atoms with Crippen LogP contribution < -0.4 is 14.8 Å². The van der Waals surface area contributed by atoms with Gasteiger partial charge in [0, 0.05) is 47.5 Å². The summed E-state index contributed by atoms with van der Waals surface area (Å²) >= 11 is 6.43. The Bertz CT molecular complexity index is 2250. The minimum absolute atomic E-state index is 0.0887. The standard InChI is InChI=1S/C32H32ClN5O3/c1-5-40-31-17-29-27(15-22(31)14-26(39)10-7-13-38(3)4)32(23(18-34)19-35-29)37-24-11-12-30(28(33)16-24)41-20-25-9-6-8-21(2)36-25/h6-12,15-17,19H,5,13-14,20H2,1-4H3,(H,35,37)/b10-7+/i5D2,6D,8D,9D,11D,12D,15D,16D,17D,19D,20D2. The summed E-state index contributed by atoms with van der Waals surface area (Å²) in [4.78, 5) is 22.7. The number of ether oxygens (including phenoxy) is 2. The first-order valence-corrected chi connectivity index (χ1v) is 12.4. The van der Waals surface area contributed by atoms with E-state index in [1.54, 1.807) is 31.1 Å². The molecular weight excluding hydrogens is 538 g/mol. The zero-order valence-electron chi connectivity index (χ0n) is 35.5. The number of halogens is 1. The Morgan fingerprint density at radius 2 is 2.05 bits per heavy atom. The van der Waals surface area contributed by atoms with Gasteiger partial charge in [-0.2, -0.15) is 5.26 Å². The third kappa shape index (κ3) is 7.82. The number of nitrogens with one attached hydrogen (secondary N) is 1. The van der Waals surface area contributed by atoms with Crippen molar-refractivity contribution in [1.82, 2.24) is 14.9 Å². The smallest absolute Gasteiger partial charge is 0.159 e. The second-order valence-electron chi connectivity index (χ2n) is 8.62. The number of carbonyl (C=O) groups excluding carboxylic acids is 1. The first kappa shape index (κ1) is 16.7. The maximum absolute atomic E-state index is 13.0. The highest BCUT2D eigenvalue weighted by Crippen LogP contribution is 2.36. The average molecular weight is 583 g/mol. The number of aromatic nitrogens is 2. The summed E-state index contributed by atoms with van der Waals surface area (Å²) < 4.78 is 120. The van der Waals surface area contributed by atoms with Crippen LogP contribution in [0.4, 0.5) is 11.4 Å². The highest BCUT2D eigenvalue weighted by Gasteiger charge is 2.16. The first-order valence-electron chi connectivity index (χ1n) is 18.5. The lowest BCUT2D eigenvalue weighted by Gasteiger charge is -2.16. The number of carbonyl (C=O) groups is 1. The number of pyridine rings is 2. The molecule has 0 aliphatic heterocycles. The van der Waals surface area contributed by atoms with E-state index in [0.29, 0.717) is 6.54 Å². The molecule has 0 bridgehead atoms. The number of nitriles is 1. The van der Waals surface area contributed by atoms with Crippen molar-refractivity contribution in [3.05, 3.63) is 94.2 Å². The molecule has 0 unspecified atom stereocenters. The molecule has 0 aliphatic rings. The molecule has 0 fully saturated rings. The summed E-state index contributed by atoms with van der Waals surface area (Å²) in [5.74, 6) is -1.88. The second-order valence-corrected chi connectivity index (χ2v) is 9.00. The van der Waals surface area contributed by atoms with Gasteiger partial charge < -0.3 is 19.7 Å². The fourth-order valence-corrected chi connectivity index (χ4v) is 3.58. The van der Waals surface area contributed by atoms with E-state index in [1.807, 2.05) is 0 Å². The van der Waals surface area contributed by atoms with E-state index in [2.05, 4.69) is 15.3 Å². The van der Waals surface area contributed by atoms with Crippen molar-refractivity contribution < 1.29 is 32.1 Å². The van der Waals surface area contributed by atoms with Crippen molar-refractivity contribution in [1.29, 1.82) is 5.26 Å². The normalized spacial score (nSPS) is 16.4. The largest absolute Gasteiger partial charge is 0.494 e. The van der Waals surface area contributed by atoms with Crippen LogP contribution in [0.5, 0.6) is 11.5 Å². The predicted molar refractivity (Wildman–Crippen MR) is 162 cm³/mol. The summed E-state index contributed by atoms with van der Waals surface area (Å²) in [7, 11) is 3.55. The summed E-state index contributed by atoms with van der Waals surface area (Å²) in [5, 5.41) is 11.7. The van der Waals surface area contributed by atoms with E-state index in [4.69, 9.17) is 38.9 Å².